The maximum absolute atomic E-state index is 6.18. The van der Waals surface area contributed by atoms with Crippen molar-refractivity contribution in [2.75, 3.05) is 12.3 Å². The third kappa shape index (κ3) is 4.06. The van der Waals surface area contributed by atoms with Crippen LogP contribution in [-0.2, 0) is 6.42 Å². The van der Waals surface area contributed by atoms with Gasteiger partial charge in [0, 0.05) is 4.90 Å². The van der Waals surface area contributed by atoms with Gasteiger partial charge < -0.3 is 5.73 Å². The Labute approximate surface area is 101 Å². The zero-order valence-corrected chi connectivity index (χ0v) is 10.7. The number of thioether (sulfide) groups is 1. The van der Waals surface area contributed by atoms with Crippen molar-refractivity contribution in [3.8, 4) is 0 Å². The lowest BCUT2D eigenvalue weighted by Gasteiger charge is -2.09. The van der Waals surface area contributed by atoms with Gasteiger partial charge in [-0.1, -0.05) is 37.1 Å². The maximum Gasteiger partial charge on any atom is 0.0544 e. The summed E-state index contributed by atoms with van der Waals surface area (Å²) in [5.74, 6) is 1.14. The van der Waals surface area contributed by atoms with Gasteiger partial charge in [-0.15, -0.1) is 11.8 Å². The molecule has 1 nitrogen and oxygen atoms in total. The molecule has 2 N–H and O–H groups in total. The Kier molecular flexibility index (Phi) is 6.15. The average Bonchev–Trinajstić information content (AvgIpc) is 2.23. The summed E-state index contributed by atoms with van der Waals surface area (Å²) in [7, 11) is 0. The van der Waals surface area contributed by atoms with Crippen molar-refractivity contribution in [1.29, 1.82) is 0 Å². The van der Waals surface area contributed by atoms with Crippen molar-refractivity contribution in [2.45, 2.75) is 31.1 Å². The zero-order chi connectivity index (χ0) is 11.1. The molecule has 0 fully saturated rings. The first kappa shape index (κ1) is 12.9. The van der Waals surface area contributed by atoms with Crippen molar-refractivity contribution in [2.24, 2.45) is 5.73 Å². The molecular weight excluding hydrogens is 226 g/mol. The highest BCUT2D eigenvalue weighted by molar-refractivity contribution is 7.99. The molecule has 0 amide bonds. The van der Waals surface area contributed by atoms with E-state index in [9.17, 15) is 0 Å². The van der Waals surface area contributed by atoms with Gasteiger partial charge in [-0.2, -0.15) is 0 Å². The fourth-order valence-electron chi connectivity index (χ4n) is 1.39. The molecule has 0 saturated heterocycles. The number of hydrogen-bond acceptors (Lipinski definition) is 2. The van der Waals surface area contributed by atoms with Gasteiger partial charge in [0.05, 0.1) is 5.02 Å². The van der Waals surface area contributed by atoms with Gasteiger partial charge >= 0.3 is 0 Å². The van der Waals surface area contributed by atoms with Crippen molar-refractivity contribution in [1.82, 2.24) is 0 Å². The smallest absolute Gasteiger partial charge is 0.0544 e. The van der Waals surface area contributed by atoms with Crippen LogP contribution < -0.4 is 5.73 Å². The number of benzene rings is 1. The van der Waals surface area contributed by atoms with Crippen LogP contribution >= 0.6 is 23.4 Å². The molecule has 84 valence electrons. The quantitative estimate of drug-likeness (QED) is 0.609. The Balaban J connectivity index is 2.72. The second kappa shape index (κ2) is 7.15. The zero-order valence-electron chi connectivity index (χ0n) is 9.13. The summed E-state index contributed by atoms with van der Waals surface area (Å²) in [6.45, 7) is 2.88. The van der Waals surface area contributed by atoms with Crippen LogP contribution in [0.2, 0.25) is 5.02 Å². The average molecular weight is 244 g/mol. The van der Waals surface area contributed by atoms with E-state index in [2.05, 4.69) is 13.0 Å². The molecule has 0 unspecified atom stereocenters. The molecule has 0 spiro atoms. The monoisotopic (exact) mass is 243 g/mol. The van der Waals surface area contributed by atoms with Crippen molar-refractivity contribution in [3.63, 3.8) is 0 Å². The lowest BCUT2D eigenvalue weighted by Crippen LogP contribution is -2.04. The van der Waals surface area contributed by atoms with Gasteiger partial charge in [0.25, 0.3) is 0 Å². The molecule has 0 bridgehead atoms. The predicted octanol–water partition coefficient (Wildman–Crippen LogP) is 3.73. The minimum atomic E-state index is 0.682. The van der Waals surface area contributed by atoms with Crippen LogP contribution in [0.15, 0.2) is 23.1 Å². The molecule has 1 aromatic rings. The first-order chi connectivity index (χ1) is 7.29. The third-order valence-electron chi connectivity index (χ3n) is 2.21. The van der Waals surface area contributed by atoms with E-state index in [1.54, 1.807) is 0 Å². The number of halogens is 1. The van der Waals surface area contributed by atoms with E-state index in [1.807, 2.05) is 23.9 Å². The summed E-state index contributed by atoms with van der Waals surface area (Å²) < 4.78 is 0. The second-order valence-electron chi connectivity index (χ2n) is 3.47. The SMILES string of the molecule is CCCCSc1c(Cl)cccc1CCN. The summed E-state index contributed by atoms with van der Waals surface area (Å²) in [6, 6.07) is 6.07. The topological polar surface area (TPSA) is 26.0 Å². The summed E-state index contributed by atoms with van der Waals surface area (Å²) in [4.78, 5) is 1.22. The number of nitrogens with two attached hydrogens (primary N) is 1. The minimum Gasteiger partial charge on any atom is -0.330 e. The molecule has 0 heterocycles. The van der Waals surface area contributed by atoms with Crippen LogP contribution in [0.4, 0.5) is 0 Å². The Hall–Kier alpha value is -0.180. The van der Waals surface area contributed by atoms with Gasteiger partial charge in [-0.25, -0.2) is 0 Å². The van der Waals surface area contributed by atoms with Crippen LogP contribution in [0.3, 0.4) is 0 Å². The summed E-state index contributed by atoms with van der Waals surface area (Å²) in [5.41, 5.74) is 6.87. The molecule has 0 atom stereocenters. The Morgan fingerprint density at radius 3 is 2.87 bits per heavy atom. The van der Waals surface area contributed by atoms with Crippen LogP contribution in [0.5, 0.6) is 0 Å². The largest absolute Gasteiger partial charge is 0.330 e. The van der Waals surface area contributed by atoms with E-state index in [-0.39, 0.29) is 0 Å². The van der Waals surface area contributed by atoms with Crippen molar-refractivity contribution >= 4 is 23.4 Å². The second-order valence-corrected chi connectivity index (χ2v) is 4.98. The first-order valence-electron chi connectivity index (χ1n) is 5.39. The van der Waals surface area contributed by atoms with Crippen molar-refractivity contribution < 1.29 is 0 Å². The molecule has 15 heavy (non-hydrogen) atoms. The van der Waals surface area contributed by atoms with Gasteiger partial charge in [0.1, 0.15) is 0 Å². The predicted molar refractivity (Wildman–Crippen MR) is 69.8 cm³/mol. The van der Waals surface area contributed by atoms with Gasteiger partial charge in [0.2, 0.25) is 0 Å². The van der Waals surface area contributed by atoms with Gasteiger partial charge in [-0.05, 0) is 36.8 Å². The van der Waals surface area contributed by atoms with Gasteiger partial charge in [0.15, 0.2) is 0 Å². The number of hydrogen-bond donors (Lipinski definition) is 1. The Morgan fingerprint density at radius 2 is 2.20 bits per heavy atom. The van der Waals surface area contributed by atoms with Crippen LogP contribution in [0.25, 0.3) is 0 Å². The van der Waals surface area contributed by atoms with Crippen LogP contribution in [0.1, 0.15) is 25.3 Å². The molecule has 0 aliphatic rings. The Morgan fingerprint density at radius 1 is 1.40 bits per heavy atom. The van der Waals surface area contributed by atoms with Crippen LogP contribution in [0, 0.1) is 0 Å². The summed E-state index contributed by atoms with van der Waals surface area (Å²) in [6.07, 6.45) is 3.37. The lowest BCUT2D eigenvalue weighted by molar-refractivity contribution is 0.894. The van der Waals surface area contributed by atoms with E-state index < -0.39 is 0 Å². The summed E-state index contributed by atoms with van der Waals surface area (Å²) >= 11 is 8.03. The molecular formula is C12H18ClNS. The Bertz CT molecular complexity index is 302. The van der Waals surface area contributed by atoms with E-state index in [0.717, 1.165) is 17.2 Å². The molecule has 0 saturated carbocycles. The maximum atomic E-state index is 6.18. The van der Waals surface area contributed by atoms with Crippen LogP contribution in [-0.4, -0.2) is 12.3 Å². The molecule has 1 rings (SSSR count). The normalized spacial score (nSPS) is 10.6. The first-order valence-corrected chi connectivity index (χ1v) is 6.76. The lowest BCUT2D eigenvalue weighted by atomic mass is 10.1. The highest BCUT2D eigenvalue weighted by Gasteiger charge is 2.06. The van der Waals surface area contributed by atoms with E-state index in [0.29, 0.717) is 6.54 Å². The van der Waals surface area contributed by atoms with E-state index in [4.69, 9.17) is 17.3 Å². The standard InChI is InChI=1S/C12H18ClNS/c1-2-3-9-15-12-10(7-8-14)5-4-6-11(12)13/h4-6H,2-3,7-9,14H2,1H3. The molecule has 3 heteroatoms. The molecule has 0 aromatic heterocycles. The minimum absolute atomic E-state index is 0.682. The molecule has 0 radical (unpaired) electrons. The highest BCUT2D eigenvalue weighted by Crippen LogP contribution is 2.31. The van der Waals surface area contributed by atoms with Crippen molar-refractivity contribution in [3.05, 3.63) is 28.8 Å². The molecule has 1 aromatic carbocycles. The number of unbranched alkanes of at least 4 members (excludes halogenated alkanes) is 1. The molecule has 0 aliphatic carbocycles. The fraction of sp³-hybridized carbons (Fsp3) is 0.500. The highest BCUT2D eigenvalue weighted by atomic mass is 35.5. The third-order valence-corrected chi connectivity index (χ3v) is 3.90. The fourth-order valence-corrected chi connectivity index (χ4v) is 2.94. The van der Waals surface area contributed by atoms with Gasteiger partial charge in [-0.3, -0.25) is 0 Å². The van der Waals surface area contributed by atoms with E-state index >= 15 is 0 Å². The number of rotatable bonds is 6. The van der Waals surface area contributed by atoms with E-state index in [1.165, 1.54) is 23.3 Å². The summed E-state index contributed by atoms with van der Waals surface area (Å²) in [5, 5.41) is 0.863. The molecule has 0 aliphatic heterocycles.